The van der Waals surface area contributed by atoms with Gasteiger partial charge in [0, 0.05) is 32.2 Å². The van der Waals surface area contributed by atoms with Crippen molar-refractivity contribution < 1.29 is 34.0 Å². The maximum atomic E-state index is 13.3. The van der Waals surface area contributed by atoms with Gasteiger partial charge in [-0.3, -0.25) is 14.5 Å². The number of hydrogen-bond donors (Lipinski definition) is 2. The minimum Gasteiger partial charge on any atom is -0.507 e. The Hall–Kier alpha value is -3.56. The third kappa shape index (κ3) is 5.89. The van der Waals surface area contributed by atoms with Crippen LogP contribution < -0.4 is 9.47 Å². The molecule has 2 aliphatic rings. The van der Waals surface area contributed by atoms with E-state index in [1.54, 1.807) is 24.3 Å². The first kappa shape index (κ1) is 26.5. The molecule has 0 saturated carbocycles. The molecule has 0 unspecified atom stereocenters. The fraction of sp³-hybridized carbons (Fsp3) is 0.429. The van der Waals surface area contributed by atoms with Gasteiger partial charge in [0.15, 0.2) is 0 Å². The molecule has 198 valence electrons. The number of aliphatic hydroxyl groups excluding tert-OH is 1. The summed E-state index contributed by atoms with van der Waals surface area (Å²) in [7, 11) is 1.46. The third-order valence-electron chi connectivity index (χ3n) is 6.52. The van der Waals surface area contributed by atoms with Crippen LogP contribution in [0.2, 0.25) is 0 Å². The topological polar surface area (TPSA) is 109 Å². The van der Waals surface area contributed by atoms with E-state index in [1.165, 1.54) is 24.1 Å². The highest BCUT2D eigenvalue weighted by molar-refractivity contribution is 6.46. The number of hydrogen-bond acceptors (Lipinski definition) is 8. The lowest BCUT2D eigenvalue weighted by molar-refractivity contribution is -0.140. The highest BCUT2D eigenvalue weighted by Gasteiger charge is 2.46. The molecule has 0 bridgehead atoms. The van der Waals surface area contributed by atoms with Crippen molar-refractivity contribution in [1.29, 1.82) is 0 Å². The number of ether oxygens (including phenoxy) is 3. The maximum Gasteiger partial charge on any atom is 0.295 e. The molecule has 9 heteroatoms. The number of aliphatic hydroxyl groups is 1. The van der Waals surface area contributed by atoms with E-state index in [1.807, 2.05) is 19.9 Å². The first-order valence-corrected chi connectivity index (χ1v) is 12.5. The van der Waals surface area contributed by atoms with Gasteiger partial charge in [-0.15, -0.1) is 0 Å². The summed E-state index contributed by atoms with van der Waals surface area (Å²) in [6.45, 7) is 7.92. The van der Waals surface area contributed by atoms with Gasteiger partial charge in [-0.25, -0.2) is 0 Å². The normalized spacial score (nSPS) is 20.0. The van der Waals surface area contributed by atoms with E-state index in [0.717, 1.165) is 19.6 Å². The Bertz CT molecular complexity index is 1170. The van der Waals surface area contributed by atoms with Gasteiger partial charge in [-0.1, -0.05) is 12.1 Å². The van der Waals surface area contributed by atoms with Crippen LogP contribution in [-0.4, -0.2) is 84.3 Å². The molecule has 0 spiro atoms. The number of Topliss-reactive ketones (excluding diaryl/α,β-unsaturated/α-hetero) is 1. The van der Waals surface area contributed by atoms with Crippen LogP contribution in [0, 0.1) is 0 Å². The lowest BCUT2D eigenvalue weighted by atomic mass is 9.94. The van der Waals surface area contributed by atoms with Crippen LogP contribution in [0.4, 0.5) is 0 Å². The second-order valence-electron chi connectivity index (χ2n) is 9.42. The zero-order valence-electron chi connectivity index (χ0n) is 21.5. The number of carbonyl (C=O) groups is 2. The van der Waals surface area contributed by atoms with Crippen molar-refractivity contribution in [2.45, 2.75) is 32.4 Å². The summed E-state index contributed by atoms with van der Waals surface area (Å²) < 4.78 is 16.4. The Kier molecular flexibility index (Phi) is 8.35. The van der Waals surface area contributed by atoms with E-state index in [9.17, 15) is 19.8 Å². The number of benzene rings is 2. The third-order valence-corrected chi connectivity index (χ3v) is 6.52. The van der Waals surface area contributed by atoms with Crippen LogP contribution in [0.1, 0.15) is 37.4 Å². The number of rotatable bonds is 9. The van der Waals surface area contributed by atoms with Crippen LogP contribution in [0.5, 0.6) is 17.2 Å². The Labute approximate surface area is 216 Å². The van der Waals surface area contributed by atoms with Crippen LogP contribution in [0.15, 0.2) is 48.0 Å². The number of nitrogens with zero attached hydrogens (tertiary/aromatic N) is 2. The summed E-state index contributed by atoms with van der Waals surface area (Å²) in [4.78, 5) is 30.3. The zero-order chi connectivity index (χ0) is 26.5. The number of ketones is 1. The highest BCUT2D eigenvalue weighted by atomic mass is 16.5. The van der Waals surface area contributed by atoms with Crippen molar-refractivity contribution in [2.75, 3.05) is 46.5 Å². The minimum absolute atomic E-state index is 0.0479. The van der Waals surface area contributed by atoms with Gasteiger partial charge in [0.05, 0.1) is 43.6 Å². The Balaban J connectivity index is 1.72. The molecule has 2 heterocycles. The standard InChI is InChI=1S/C28H34N2O7/c1-18(2)37-21-7-4-6-19(16-21)25-24(26(32)22-9-8-20(35-3)17-23(22)31)27(33)28(34)30(25)11-5-10-29-12-14-36-15-13-29/h4,6-9,16-18,25,31-32H,5,10-15H2,1-3H3/t25-/m1/s1. The minimum atomic E-state index is -0.832. The predicted octanol–water partition coefficient (Wildman–Crippen LogP) is 3.33. The molecule has 0 aromatic heterocycles. The Morgan fingerprint density at radius 1 is 1.08 bits per heavy atom. The largest absolute Gasteiger partial charge is 0.507 e. The molecule has 2 fully saturated rings. The monoisotopic (exact) mass is 510 g/mol. The lowest BCUT2D eigenvalue weighted by Gasteiger charge is -2.29. The Morgan fingerprint density at radius 2 is 1.84 bits per heavy atom. The maximum absolute atomic E-state index is 13.3. The van der Waals surface area contributed by atoms with Crippen molar-refractivity contribution in [3.8, 4) is 17.2 Å². The number of aromatic hydroxyl groups is 1. The molecule has 4 rings (SSSR count). The average Bonchev–Trinajstić information content (AvgIpc) is 3.13. The summed E-state index contributed by atoms with van der Waals surface area (Å²) >= 11 is 0. The molecule has 2 N–H and O–H groups in total. The molecule has 37 heavy (non-hydrogen) atoms. The van der Waals surface area contributed by atoms with Crippen molar-refractivity contribution in [3.05, 3.63) is 59.2 Å². The van der Waals surface area contributed by atoms with E-state index >= 15 is 0 Å². The van der Waals surface area contributed by atoms with Crippen molar-refractivity contribution in [2.24, 2.45) is 0 Å². The molecule has 2 aromatic carbocycles. The summed E-state index contributed by atoms with van der Waals surface area (Å²) in [5.74, 6) is -1.18. The molecule has 2 saturated heterocycles. The first-order valence-electron chi connectivity index (χ1n) is 12.5. The van der Waals surface area contributed by atoms with Gasteiger partial charge in [0.2, 0.25) is 0 Å². The quantitative estimate of drug-likeness (QED) is 0.300. The highest BCUT2D eigenvalue weighted by Crippen LogP contribution is 2.42. The van der Waals surface area contributed by atoms with Crippen LogP contribution in [0.3, 0.4) is 0 Å². The molecule has 0 radical (unpaired) electrons. The Morgan fingerprint density at radius 3 is 2.51 bits per heavy atom. The van der Waals surface area contributed by atoms with Crippen molar-refractivity contribution in [3.63, 3.8) is 0 Å². The molecule has 9 nitrogen and oxygen atoms in total. The molecule has 0 aliphatic carbocycles. The van der Waals surface area contributed by atoms with Gasteiger partial charge in [-0.2, -0.15) is 0 Å². The number of phenolic OH excluding ortho intramolecular Hbond substituents is 1. The van der Waals surface area contributed by atoms with E-state index < -0.39 is 23.5 Å². The summed E-state index contributed by atoms with van der Waals surface area (Å²) in [6.07, 6.45) is 0.589. The number of carbonyl (C=O) groups excluding carboxylic acids is 2. The fourth-order valence-corrected chi connectivity index (χ4v) is 4.76. The van der Waals surface area contributed by atoms with Gasteiger partial charge in [0.25, 0.3) is 11.7 Å². The van der Waals surface area contributed by atoms with Crippen molar-refractivity contribution >= 4 is 17.4 Å². The van der Waals surface area contributed by atoms with Crippen LogP contribution in [-0.2, 0) is 14.3 Å². The number of likely N-dealkylation sites (tertiary alicyclic amines) is 1. The SMILES string of the molecule is COc1ccc(C(O)=C2C(=O)C(=O)N(CCCN3CCOCC3)[C@@H]2c2cccc(OC(C)C)c2)c(O)c1. The molecular formula is C28H34N2O7. The lowest BCUT2D eigenvalue weighted by Crippen LogP contribution is -2.39. The van der Waals surface area contributed by atoms with Crippen LogP contribution >= 0.6 is 0 Å². The van der Waals surface area contributed by atoms with Crippen LogP contribution in [0.25, 0.3) is 5.76 Å². The van der Waals surface area contributed by atoms with E-state index in [4.69, 9.17) is 14.2 Å². The zero-order valence-corrected chi connectivity index (χ0v) is 21.5. The number of morpholine rings is 1. The summed E-state index contributed by atoms with van der Waals surface area (Å²) in [5, 5.41) is 21.8. The molecule has 2 aromatic rings. The van der Waals surface area contributed by atoms with Gasteiger partial charge in [-0.05, 0) is 50.1 Å². The first-order chi connectivity index (χ1) is 17.8. The van der Waals surface area contributed by atoms with Crippen molar-refractivity contribution in [1.82, 2.24) is 9.80 Å². The number of methoxy groups -OCH3 is 1. The fourth-order valence-electron chi connectivity index (χ4n) is 4.76. The second kappa shape index (κ2) is 11.7. The van der Waals surface area contributed by atoms with E-state index in [-0.39, 0.29) is 23.0 Å². The smallest absolute Gasteiger partial charge is 0.295 e. The van der Waals surface area contributed by atoms with Gasteiger partial charge < -0.3 is 29.3 Å². The molecule has 1 amide bonds. The average molecular weight is 511 g/mol. The van der Waals surface area contributed by atoms with E-state index in [2.05, 4.69) is 4.90 Å². The van der Waals surface area contributed by atoms with Gasteiger partial charge >= 0.3 is 0 Å². The van der Waals surface area contributed by atoms with E-state index in [0.29, 0.717) is 43.2 Å². The summed E-state index contributed by atoms with van der Waals surface area (Å²) in [6, 6.07) is 10.7. The molecular weight excluding hydrogens is 476 g/mol. The molecule has 1 atom stereocenters. The molecule has 2 aliphatic heterocycles. The van der Waals surface area contributed by atoms with Gasteiger partial charge in [0.1, 0.15) is 23.0 Å². The number of phenols is 1. The predicted molar refractivity (Wildman–Crippen MR) is 138 cm³/mol. The second-order valence-corrected chi connectivity index (χ2v) is 9.42. The summed E-state index contributed by atoms with van der Waals surface area (Å²) in [5.41, 5.74) is 0.614. The number of amides is 1.